The van der Waals surface area contributed by atoms with Crippen molar-refractivity contribution in [3.05, 3.63) is 301 Å². The lowest BCUT2D eigenvalue weighted by atomic mass is 9.70. The number of rotatable bonds is 7. The summed E-state index contributed by atoms with van der Waals surface area (Å²) in [5.74, 6) is 0. The SMILES string of the molecule is c1ccc(-c2ccc(-c3ccc(N(c4ccc(-c5ccc6c7ccc8ccccc8c7n(-c7ccccc7)c6c5)cc4)c4ccc5c(c4)C4(c6ccccc6-c6ccccc64)c4ccccc4-5)cc3)cc2)cc1. The van der Waals surface area contributed by atoms with Gasteiger partial charge in [-0.3, -0.25) is 0 Å². The highest BCUT2D eigenvalue weighted by atomic mass is 15.1. The van der Waals surface area contributed by atoms with Crippen molar-refractivity contribution < 1.29 is 0 Å². The summed E-state index contributed by atoms with van der Waals surface area (Å²) < 4.78 is 2.45. The van der Waals surface area contributed by atoms with Gasteiger partial charge >= 0.3 is 0 Å². The third kappa shape index (κ3) is 6.24. The highest BCUT2D eigenvalue weighted by molar-refractivity contribution is 6.19. The van der Waals surface area contributed by atoms with Crippen molar-refractivity contribution in [1.29, 1.82) is 0 Å². The summed E-state index contributed by atoms with van der Waals surface area (Å²) in [7, 11) is 0. The van der Waals surface area contributed by atoms with Crippen molar-refractivity contribution >= 4 is 49.6 Å². The van der Waals surface area contributed by atoms with Gasteiger partial charge in [0.25, 0.3) is 0 Å². The number of aromatic nitrogens is 1. The zero-order chi connectivity index (χ0) is 48.0. The maximum Gasteiger partial charge on any atom is 0.0726 e. The van der Waals surface area contributed by atoms with Crippen LogP contribution in [0.5, 0.6) is 0 Å². The minimum absolute atomic E-state index is 0.451. The number of hydrogen-bond donors (Lipinski definition) is 0. The first-order chi connectivity index (χ1) is 36.2. The van der Waals surface area contributed by atoms with Gasteiger partial charge in [-0.1, -0.05) is 224 Å². The van der Waals surface area contributed by atoms with Crippen molar-refractivity contribution in [3.8, 4) is 61.3 Å². The lowest BCUT2D eigenvalue weighted by molar-refractivity contribution is 0.793. The van der Waals surface area contributed by atoms with Crippen molar-refractivity contribution in [2.45, 2.75) is 5.41 Å². The fraction of sp³-hybridized carbons (Fsp3) is 0.0141. The van der Waals surface area contributed by atoms with Crippen molar-refractivity contribution in [2.24, 2.45) is 0 Å². The van der Waals surface area contributed by atoms with E-state index in [0.29, 0.717) is 0 Å². The molecule has 15 rings (SSSR count). The van der Waals surface area contributed by atoms with E-state index in [9.17, 15) is 0 Å². The second-order valence-electron chi connectivity index (χ2n) is 19.6. The molecular weight excluding hydrogens is 881 g/mol. The van der Waals surface area contributed by atoms with Gasteiger partial charge in [0.15, 0.2) is 0 Å². The van der Waals surface area contributed by atoms with Crippen molar-refractivity contribution in [3.63, 3.8) is 0 Å². The van der Waals surface area contributed by atoms with E-state index < -0.39 is 5.41 Å². The third-order valence-electron chi connectivity index (χ3n) is 15.8. The molecule has 13 aromatic rings. The summed E-state index contributed by atoms with van der Waals surface area (Å²) in [5.41, 5.74) is 24.1. The minimum Gasteiger partial charge on any atom is -0.310 e. The quantitative estimate of drug-likeness (QED) is 0.155. The molecule has 0 fully saturated rings. The van der Waals surface area contributed by atoms with Gasteiger partial charge in [-0.25, -0.2) is 0 Å². The lowest BCUT2D eigenvalue weighted by Gasteiger charge is -2.32. The number of fused-ring (bicyclic) bond motifs is 15. The van der Waals surface area contributed by atoms with Crippen LogP contribution in [0.1, 0.15) is 22.3 Å². The highest BCUT2D eigenvalue weighted by Crippen LogP contribution is 2.63. The van der Waals surface area contributed by atoms with Gasteiger partial charge in [0.05, 0.1) is 16.4 Å². The Kier molecular flexibility index (Phi) is 9.21. The van der Waals surface area contributed by atoms with E-state index in [1.54, 1.807) is 0 Å². The number of hydrogen-bond acceptors (Lipinski definition) is 1. The lowest BCUT2D eigenvalue weighted by Crippen LogP contribution is -2.26. The van der Waals surface area contributed by atoms with Crippen LogP contribution in [0, 0.1) is 0 Å². The molecule has 73 heavy (non-hydrogen) atoms. The molecule has 0 radical (unpaired) electrons. The van der Waals surface area contributed by atoms with Crippen LogP contribution in [0.15, 0.2) is 279 Å². The number of para-hydroxylation sites is 1. The van der Waals surface area contributed by atoms with Crippen LogP contribution in [-0.4, -0.2) is 4.57 Å². The van der Waals surface area contributed by atoms with Crippen LogP contribution in [0.4, 0.5) is 17.1 Å². The van der Waals surface area contributed by atoms with Crippen LogP contribution in [-0.2, 0) is 5.41 Å². The average Bonchev–Trinajstić information content (AvgIpc) is 4.17. The van der Waals surface area contributed by atoms with Gasteiger partial charge in [0.1, 0.15) is 0 Å². The number of anilines is 3. The van der Waals surface area contributed by atoms with E-state index in [4.69, 9.17) is 0 Å². The maximum absolute atomic E-state index is 2.48. The summed E-state index contributed by atoms with van der Waals surface area (Å²) in [6.45, 7) is 0. The molecule has 0 saturated carbocycles. The normalized spacial score (nSPS) is 12.8. The van der Waals surface area contributed by atoms with E-state index >= 15 is 0 Å². The topological polar surface area (TPSA) is 8.17 Å². The van der Waals surface area contributed by atoms with E-state index in [2.05, 4.69) is 289 Å². The smallest absolute Gasteiger partial charge is 0.0726 e. The average molecular weight is 927 g/mol. The Morgan fingerprint density at radius 1 is 0.274 bits per heavy atom. The second-order valence-corrected chi connectivity index (χ2v) is 19.6. The first kappa shape index (κ1) is 41.3. The van der Waals surface area contributed by atoms with Crippen LogP contribution in [0.3, 0.4) is 0 Å². The van der Waals surface area contributed by atoms with Crippen molar-refractivity contribution in [1.82, 2.24) is 4.57 Å². The zero-order valence-electron chi connectivity index (χ0n) is 40.0. The molecule has 2 nitrogen and oxygen atoms in total. The molecule has 0 atom stereocenters. The van der Waals surface area contributed by atoms with E-state index in [1.165, 1.54) is 105 Å². The number of benzene rings is 12. The fourth-order valence-electron chi connectivity index (χ4n) is 12.6. The van der Waals surface area contributed by atoms with Crippen LogP contribution in [0.25, 0.3) is 93.9 Å². The van der Waals surface area contributed by atoms with Gasteiger partial charge in [-0.05, 0) is 138 Å². The monoisotopic (exact) mass is 926 g/mol. The molecule has 1 heterocycles. The Bertz CT molecular complexity index is 4220. The Hall–Kier alpha value is -9.50. The second kappa shape index (κ2) is 16.3. The van der Waals surface area contributed by atoms with Gasteiger partial charge < -0.3 is 9.47 Å². The zero-order valence-corrected chi connectivity index (χ0v) is 40.0. The molecule has 0 N–H and O–H groups in total. The molecule has 2 aliphatic rings. The first-order valence-corrected chi connectivity index (χ1v) is 25.3. The summed E-state index contributed by atoms with van der Waals surface area (Å²) in [5, 5.41) is 5.00. The van der Waals surface area contributed by atoms with Crippen molar-refractivity contribution in [2.75, 3.05) is 4.90 Å². The Morgan fingerprint density at radius 2 is 0.712 bits per heavy atom. The van der Waals surface area contributed by atoms with E-state index in [0.717, 1.165) is 28.3 Å². The Morgan fingerprint density at radius 3 is 1.32 bits per heavy atom. The highest BCUT2D eigenvalue weighted by Gasteiger charge is 2.51. The molecule has 0 unspecified atom stereocenters. The van der Waals surface area contributed by atoms with Gasteiger partial charge in [-0.15, -0.1) is 0 Å². The first-order valence-electron chi connectivity index (χ1n) is 25.3. The summed E-state index contributed by atoms with van der Waals surface area (Å²) in [6, 6.07) is 103. The molecule has 0 amide bonds. The number of nitrogens with zero attached hydrogens (tertiary/aromatic N) is 2. The molecule has 2 heteroatoms. The summed E-state index contributed by atoms with van der Waals surface area (Å²) in [4.78, 5) is 2.44. The third-order valence-corrected chi connectivity index (χ3v) is 15.8. The van der Waals surface area contributed by atoms with E-state index in [1.807, 2.05) is 0 Å². The largest absolute Gasteiger partial charge is 0.310 e. The fourth-order valence-corrected chi connectivity index (χ4v) is 12.6. The summed E-state index contributed by atoms with van der Waals surface area (Å²) in [6.07, 6.45) is 0. The predicted molar refractivity (Wildman–Crippen MR) is 306 cm³/mol. The Labute approximate surface area is 425 Å². The molecule has 0 bridgehead atoms. The molecule has 0 aliphatic heterocycles. The minimum atomic E-state index is -0.451. The molecule has 0 saturated heterocycles. The van der Waals surface area contributed by atoms with Crippen LogP contribution >= 0.6 is 0 Å². The molecule has 2 aliphatic carbocycles. The van der Waals surface area contributed by atoms with E-state index in [-0.39, 0.29) is 0 Å². The van der Waals surface area contributed by atoms with Gasteiger partial charge in [-0.2, -0.15) is 0 Å². The molecule has 12 aromatic carbocycles. The molecule has 340 valence electrons. The van der Waals surface area contributed by atoms with Crippen LogP contribution in [0.2, 0.25) is 0 Å². The molecular formula is C71H46N2. The molecule has 1 aromatic heterocycles. The summed E-state index contributed by atoms with van der Waals surface area (Å²) >= 11 is 0. The van der Waals surface area contributed by atoms with Gasteiger partial charge in [0.2, 0.25) is 0 Å². The standard InChI is InChI=1S/C71H46N2/c1-3-15-47(16-4-1)48-27-29-49(30-28-48)50-31-37-55(38-32-50)72(57-41-44-62-61-23-11-14-26-67(61)71(68(62)46-57)65-24-12-9-21-59(65)60-22-10-13-25-66(60)71)56-39-33-51(34-40-56)53-36-42-63-64-43-35-52-17-7-8-20-58(52)70(64)73(69(63)45-53)54-18-5-2-6-19-54/h1-46H. The Balaban J connectivity index is 0.880. The molecule has 1 spiro atoms. The van der Waals surface area contributed by atoms with Crippen LogP contribution < -0.4 is 4.90 Å². The predicted octanol–water partition coefficient (Wildman–Crippen LogP) is 18.8. The maximum atomic E-state index is 2.48. The van der Waals surface area contributed by atoms with Gasteiger partial charge in [0, 0.05) is 38.9 Å².